The van der Waals surface area contributed by atoms with Gasteiger partial charge in [0.05, 0.1) is 6.54 Å². The van der Waals surface area contributed by atoms with Crippen molar-refractivity contribution in [1.82, 2.24) is 4.90 Å². The predicted molar refractivity (Wildman–Crippen MR) is 84.3 cm³/mol. The summed E-state index contributed by atoms with van der Waals surface area (Å²) in [5.74, 6) is 0.341. The highest BCUT2D eigenvalue weighted by atomic mass is 35.5. The Morgan fingerprint density at radius 2 is 1.85 bits per heavy atom. The Morgan fingerprint density at radius 1 is 1.20 bits per heavy atom. The van der Waals surface area contributed by atoms with Crippen molar-refractivity contribution in [2.24, 2.45) is 0 Å². The number of hydrogen-bond donors (Lipinski definition) is 0. The Kier molecular flexibility index (Phi) is 6.06. The van der Waals surface area contributed by atoms with Gasteiger partial charge in [0.25, 0.3) is 0 Å². The number of carbonyl (C=O) groups excluding carboxylic acids is 1. The highest BCUT2D eigenvalue weighted by Crippen LogP contribution is 2.21. The molecular weight excluding hydrogens is 270 g/mol. The van der Waals surface area contributed by atoms with Crippen LogP contribution in [0.4, 0.5) is 0 Å². The second-order valence-corrected chi connectivity index (χ2v) is 6.31. The lowest BCUT2D eigenvalue weighted by atomic mass is 9.94. The van der Waals surface area contributed by atoms with Crippen molar-refractivity contribution in [3.05, 3.63) is 34.9 Å². The van der Waals surface area contributed by atoms with Crippen LogP contribution in [0.3, 0.4) is 0 Å². The summed E-state index contributed by atoms with van der Waals surface area (Å²) in [6, 6.07) is 8.38. The summed E-state index contributed by atoms with van der Waals surface area (Å²) < 4.78 is 0. The molecule has 2 rings (SSSR count). The number of Topliss-reactive ketones (excluding diaryl/α,β-unsaturated/α-hetero) is 1. The maximum Gasteiger partial charge on any atom is 0.147 e. The third-order valence-corrected chi connectivity index (χ3v) is 4.48. The average molecular weight is 294 g/mol. The maximum absolute atomic E-state index is 12.1. The first kappa shape index (κ1) is 15.5. The zero-order valence-electron chi connectivity index (χ0n) is 12.3. The Bertz CT molecular complexity index is 423. The van der Waals surface area contributed by atoms with E-state index in [9.17, 15) is 4.79 Å². The van der Waals surface area contributed by atoms with E-state index in [4.69, 9.17) is 11.6 Å². The molecule has 1 aromatic rings. The first-order valence-corrected chi connectivity index (χ1v) is 7.99. The molecule has 0 bridgehead atoms. The molecule has 1 aliphatic rings. The van der Waals surface area contributed by atoms with Crippen LogP contribution in [-0.2, 0) is 11.2 Å². The maximum atomic E-state index is 12.1. The van der Waals surface area contributed by atoms with Crippen LogP contribution in [0.25, 0.3) is 0 Å². The number of carbonyl (C=O) groups is 1. The van der Waals surface area contributed by atoms with Crippen molar-refractivity contribution in [3.8, 4) is 0 Å². The van der Waals surface area contributed by atoms with Crippen molar-refractivity contribution < 1.29 is 4.79 Å². The second-order valence-electron chi connectivity index (χ2n) is 5.87. The summed E-state index contributed by atoms with van der Waals surface area (Å²) in [6.07, 6.45) is 7.92. The summed E-state index contributed by atoms with van der Waals surface area (Å²) in [5, 5.41) is 0.747. The first-order valence-electron chi connectivity index (χ1n) is 7.61. The van der Waals surface area contributed by atoms with Crippen LogP contribution in [-0.4, -0.2) is 30.3 Å². The largest absolute Gasteiger partial charge is 0.298 e. The van der Waals surface area contributed by atoms with Crippen LogP contribution < -0.4 is 0 Å². The molecule has 3 heteroatoms. The first-order chi connectivity index (χ1) is 9.65. The van der Waals surface area contributed by atoms with E-state index >= 15 is 0 Å². The number of ketones is 1. The normalized spacial score (nSPS) is 16.6. The number of halogens is 1. The molecule has 0 atom stereocenters. The van der Waals surface area contributed by atoms with Crippen molar-refractivity contribution in [2.75, 3.05) is 13.6 Å². The lowest BCUT2D eigenvalue weighted by Crippen LogP contribution is -2.37. The molecule has 0 amide bonds. The lowest BCUT2D eigenvalue weighted by molar-refractivity contribution is -0.120. The Labute approximate surface area is 127 Å². The van der Waals surface area contributed by atoms with Gasteiger partial charge in [0.1, 0.15) is 5.78 Å². The van der Waals surface area contributed by atoms with Gasteiger partial charge in [-0.15, -0.1) is 0 Å². The third-order valence-electron chi connectivity index (χ3n) is 4.23. The van der Waals surface area contributed by atoms with Crippen LogP contribution in [0, 0.1) is 0 Å². The summed E-state index contributed by atoms with van der Waals surface area (Å²) >= 11 is 5.86. The SMILES string of the molecule is CN(CC(=O)CCc1ccc(Cl)cc1)C1CCCCC1. The Morgan fingerprint density at radius 3 is 2.50 bits per heavy atom. The van der Waals surface area contributed by atoms with Gasteiger partial charge >= 0.3 is 0 Å². The molecular formula is C17H24ClNO. The topological polar surface area (TPSA) is 20.3 Å². The molecule has 1 aliphatic carbocycles. The Hall–Kier alpha value is -0.860. The zero-order valence-corrected chi connectivity index (χ0v) is 13.0. The number of hydrogen-bond acceptors (Lipinski definition) is 2. The average Bonchev–Trinajstić information content (AvgIpc) is 2.47. The van der Waals surface area contributed by atoms with Crippen LogP contribution in [0.2, 0.25) is 5.02 Å². The van der Waals surface area contributed by atoms with Gasteiger partial charge in [-0.05, 0) is 44.0 Å². The number of aryl methyl sites for hydroxylation is 1. The van der Waals surface area contributed by atoms with Gasteiger partial charge in [-0.1, -0.05) is 43.0 Å². The minimum atomic E-state index is 0.341. The molecule has 0 N–H and O–H groups in total. The quantitative estimate of drug-likeness (QED) is 0.787. The summed E-state index contributed by atoms with van der Waals surface area (Å²) in [7, 11) is 2.09. The predicted octanol–water partition coefficient (Wildman–Crippen LogP) is 4.11. The molecule has 1 fully saturated rings. The van der Waals surface area contributed by atoms with E-state index in [1.165, 1.54) is 37.7 Å². The van der Waals surface area contributed by atoms with E-state index in [-0.39, 0.29) is 0 Å². The number of rotatable bonds is 6. The summed E-state index contributed by atoms with van der Waals surface area (Å²) in [4.78, 5) is 14.3. The van der Waals surface area contributed by atoms with Crippen LogP contribution in [0.15, 0.2) is 24.3 Å². The van der Waals surface area contributed by atoms with Gasteiger partial charge in [-0.3, -0.25) is 9.69 Å². The molecule has 0 aromatic heterocycles. The molecule has 0 spiro atoms. The van der Waals surface area contributed by atoms with E-state index in [1.54, 1.807) is 0 Å². The van der Waals surface area contributed by atoms with E-state index < -0.39 is 0 Å². The minimum absolute atomic E-state index is 0.341. The monoisotopic (exact) mass is 293 g/mol. The molecule has 1 aromatic carbocycles. The van der Waals surface area contributed by atoms with Gasteiger partial charge in [0.15, 0.2) is 0 Å². The fourth-order valence-corrected chi connectivity index (χ4v) is 3.07. The minimum Gasteiger partial charge on any atom is -0.298 e. The van der Waals surface area contributed by atoms with Crippen molar-refractivity contribution in [1.29, 1.82) is 0 Å². The highest BCUT2D eigenvalue weighted by Gasteiger charge is 2.19. The summed E-state index contributed by atoms with van der Waals surface area (Å²) in [6.45, 7) is 0.595. The fraction of sp³-hybridized carbons (Fsp3) is 0.588. The fourth-order valence-electron chi connectivity index (χ4n) is 2.94. The molecule has 0 radical (unpaired) electrons. The summed E-state index contributed by atoms with van der Waals surface area (Å²) in [5.41, 5.74) is 1.18. The van der Waals surface area contributed by atoms with Crippen molar-refractivity contribution in [3.63, 3.8) is 0 Å². The molecule has 110 valence electrons. The molecule has 0 saturated heterocycles. The number of benzene rings is 1. The van der Waals surface area contributed by atoms with Crippen LogP contribution >= 0.6 is 11.6 Å². The molecule has 0 aliphatic heterocycles. The number of likely N-dealkylation sites (N-methyl/N-ethyl adjacent to an activating group) is 1. The zero-order chi connectivity index (χ0) is 14.4. The third kappa shape index (κ3) is 4.92. The molecule has 0 heterocycles. The van der Waals surface area contributed by atoms with Gasteiger partial charge in [-0.25, -0.2) is 0 Å². The van der Waals surface area contributed by atoms with Gasteiger partial charge in [0, 0.05) is 17.5 Å². The van der Waals surface area contributed by atoms with Crippen molar-refractivity contribution in [2.45, 2.75) is 51.0 Å². The molecule has 20 heavy (non-hydrogen) atoms. The highest BCUT2D eigenvalue weighted by molar-refractivity contribution is 6.30. The molecule has 2 nitrogen and oxygen atoms in total. The van der Waals surface area contributed by atoms with E-state index in [2.05, 4.69) is 11.9 Å². The van der Waals surface area contributed by atoms with Gasteiger partial charge < -0.3 is 0 Å². The van der Waals surface area contributed by atoms with E-state index in [1.807, 2.05) is 24.3 Å². The van der Waals surface area contributed by atoms with Crippen LogP contribution in [0.5, 0.6) is 0 Å². The van der Waals surface area contributed by atoms with E-state index in [0.29, 0.717) is 24.8 Å². The smallest absolute Gasteiger partial charge is 0.147 e. The van der Waals surface area contributed by atoms with Crippen molar-refractivity contribution >= 4 is 17.4 Å². The van der Waals surface area contributed by atoms with E-state index in [0.717, 1.165) is 11.4 Å². The van der Waals surface area contributed by atoms with Gasteiger partial charge in [0.2, 0.25) is 0 Å². The lowest BCUT2D eigenvalue weighted by Gasteiger charge is -2.30. The standard InChI is InChI=1S/C17H24ClNO/c1-19(16-5-3-2-4-6-16)13-17(20)12-9-14-7-10-15(18)11-8-14/h7-8,10-11,16H,2-6,9,12-13H2,1H3. The molecule has 1 saturated carbocycles. The van der Waals surface area contributed by atoms with Gasteiger partial charge in [-0.2, -0.15) is 0 Å². The van der Waals surface area contributed by atoms with Crippen LogP contribution in [0.1, 0.15) is 44.1 Å². The second kappa shape index (κ2) is 7.80. The number of nitrogens with zero attached hydrogens (tertiary/aromatic N) is 1. The molecule has 0 unspecified atom stereocenters. The Balaban J connectivity index is 1.73.